The highest BCUT2D eigenvalue weighted by Crippen LogP contribution is 2.25. The van der Waals surface area contributed by atoms with Crippen LogP contribution in [0, 0.1) is 4.91 Å². The van der Waals surface area contributed by atoms with Gasteiger partial charge in [0.1, 0.15) is 6.04 Å². The first-order valence-corrected chi connectivity index (χ1v) is 5.16. The minimum Gasteiger partial charge on any atom is -0.261 e. The van der Waals surface area contributed by atoms with Crippen LogP contribution in [0.5, 0.6) is 0 Å². The van der Waals surface area contributed by atoms with E-state index in [1.807, 2.05) is 28.9 Å². The fourth-order valence-electron chi connectivity index (χ4n) is 1.77. The molecule has 82 valence electrons. The van der Waals surface area contributed by atoms with E-state index < -0.39 is 6.04 Å². The van der Waals surface area contributed by atoms with Crippen molar-refractivity contribution in [3.8, 4) is 0 Å². The molecule has 4 nitrogen and oxygen atoms in total. The molecule has 1 aromatic carbocycles. The van der Waals surface area contributed by atoms with Crippen LogP contribution < -0.4 is 0 Å². The lowest BCUT2D eigenvalue weighted by Gasteiger charge is -1.97. The Labute approximate surface area is 93.6 Å². The lowest BCUT2D eigenvalue weighted by molar-refractivity contribution is 0.676. The Morgan fingerprint density at radius 2 is 2.31 bits per heavy atom. The number of nitrogens with zero attached hydrogens (tertiary/aromatic N) is 3. The van der Waals surface area contributed by atoms with Gasteiger partial charge < -0.3 is 0 Å². The van der Waals surface area contributed by atoms with E-state index in [4.69, 9.17) is 0 Å². The summed E-state index contributed by atoms with van der Waals surface area (Å²) in [5, 5.41) is 8.41. The van der Waals surface area contributed by atoms with E-state index in [1.165, 1.54) is 0 Å². The van der Waals surface area contributed by atoms with Gasteiger partial charge in [-0.25, -0.2) is 0 Å². The Morgan fingerprint density at radius 3 is 3.00 bits per heavy atom. The first kappa shape index (κ1) is 10.5. The van der Waals surface area contributed by atoms with Crippen LogP contribution >= 0.6 is 0 Å². The maximum atomic E-state index is 10.6. The zero-order valence-electron chi connectivity index (χ0n) is 9.13. The fourth-order valence-corrected chi connectivity index (χ4v) is 1.77. The number of aromatic nitrogens is 2. The number of para-hydroxylation sites is 1. The molecule has 0 spiro atoms. The summed E-state index contributed by atoms with van der Waals surface area (Å²) < 4.78 is 1.83. The molecule has 4 heteroatoms. The van der Waals surface area contributed by atoms with E-state index in [0.29, 0.717) is 6.54 Å². The van der Waals surface area contributed by atoms with Crippen molar-refractivity contribution in [3.63, 3.8) is 0 Å². The van der Waals surface area contributed by atoms with Gasteiger partial charge in [-0.05, 0) is 13.0 Å². The molecule has 0 bridgehead atoms. The summed E-state index contributed by atoms with van der Waals surface area (Å²) in [7, 11) is 0. The van der Waals surface area contributed by atoms with Gasteiger partial charge in [-0.15, -0.1) is 6.58 Å². The fraction of sp³-hybridized carbons (Fsp3) is 0.250. The molecule has 0 radical (unpaired) electrons. The Kier molecular flexibility index (Phi) is 2.81. The maximum absolute atomic E-state index is 10.6. The molecular weight excluding hydrogens is 202 g/mol. The van der Waals surface area contributed by atoms with Crippen molar-refractivity contribution in [3.05, 3.63) is 47.5 Å². The molecule has 0 aliphatic heterocycles. The molecule has 1 unspecified atom stereocenters. The third-order valence-electron chi connectivity index (χ3n) is 2.54. The van der Waals surface area contributed by atoms with Crippen LogP contribution in [0.2, 0.25) is 0 Å². The summed E-state index contributed by atoms with van der Waals surface area (Å²) in [6.45, 7) is 6.07. The number of hydrogen-bond acceptors (Lipinski definition) is 3. The molecule has 2 aromatic rings. The topological polar surface area (TPSA) is 47.2 Å². The van der Waals surface area contributed by atoms with Gasteiger partial charge in [0.2, 0.25) is 0 Å². The molecule has 0 aliphatic carbocycles. The van der Waals surface area contributed by atoms with Crippen molar-refractivity contribution in [2.45, 2.75) is 19.5 Å². The molecule has 0 saturated heterocycles. The summed E-state index contributed by atoms with van der Waals surface area (Å²) in [4.78, 5) is 10.6. The molecule has 0 saturated carbocycles. The van der Waals surface area contributed by atoms with E-state index in [1.54, 1.807) is 13.0 Å². The second kappa shape index (κ2) is 4.26. The molecule has 0 aliphatic rings. The van der Waals surface area contributed by atoms with Gasteiger partial charge in [0, 0.05) is 5.39 Å². The smallest absolute Gasteiger partial charge is 0.133 e. The molecule has 0 fully saturated rings. The number of nitroso groups, excluding NO2 is 1. The summed E-state index contributed by atoms with van der Waals surface area (Å²) in [5.74, 6) is 0. The Balaban J connectivity index is 2.65. The van der Waals surface area contributed by atoms with Crippen LogP contribution in [0.1, 0.15) is 18.7 Å². The maximum Gasteiger partial charge on any atom is 0.133 e. The van der Waals surface area contributed by atoms with E-state index in [0.717, 1.165) is 16.6 Å². The molecule has 1 heterocycles. The van der Waals surface area contributed by atoms with Crippen LogP contribution in [0.4, 0.5) is 0 Å². The van der Waals surface area contributed by atoms with Crippen molar-refractivity contribution in [2.75, 3.05) is 0 Å². The van der Waals surface area contributed by atoms with E-state index in [2.05, 4.69) is 16.9 Å². The normalized spacial score (nSPS) is 12.6. The van der Waals surface area contributed by atoms with E-state index >= 15 is 0 Å². The number of rotatable bonds is 4. The largest absolute Gasteiger partial charge is 0.261 e. The molecular formula is C12H13N3O. The molecule has 0 amide bonds. The van der Waals surface area contributed by atoms with Gasteiger partial charge in [-0.3, -0.25) is 4.68 Å². The summed E-state index contributed by atoms with van der Waals surface area (Å²) in [6.07, 6.45) is 1.78. The number of benzene rings is 1. The van der Waals surface area contributed by atoms with Crippen LogP contribution in [0.15, 0.2) is 42.1 Å². The first-order chi connectivity index (χ1) is 7.77. The Hall–Kier alpha value is -1.97. The first-order valence-electron chi connectivity index (χ1n) is 5.16. The van der Waals surface area contributed by atoms with Crippen molar-refractivity contribution in [2.24, 2.45) is 5.18 Å². The highest BCUT2D eigenvalue weighted by molar-refractivity contribution is 5.82. The van der Waals surface area contributed by atoms with Crippen molar-refractivity contribution in [1.29, 1.82) is 0 Å². The highest BCUT2D eigenvalue weighted by Gasteiger charge is 2.15. The molecule has 2 rings (SSSR count). The standard InChI is InChI=1S/C12H13N3O/c1-3-8-15-11-7-5-4-6-10(11)12(13-15)9(2)14-16/h3-7,9H,1,8H2,2H3. The summed E-state index contributed by atoms with van der Waals surface area (Å²) in [5.41, 5.74) is 1.74. The lowest BCUT2D eigenvalue weighted by atomic mass is 10.1. The summed E-state index contributed by atoms with van der Waals surface area (Å²) >= 11 is 0. The summed E-state index contributed by atoms with van der Waals surface area (Å²) in [6, 6.07) is 7.40. The minimum atomic E-state index is -0.420. The SMILES string of the molecule is C=CCn1nc(C(C)N=O)c2ccccc21. The quantitative estimate of drug-likeness (QED) is 0.581. The number of fused-ring (bicyclic) bond motifs is 1. The Morgan fingerprint density at radius 1 is 1.56 bits per heavy atom. The number of allylic oxidation sites excluding steroid dienone is 1. The Bertz CT molecular complexity index is 530. The molecule has 0 N–H and O–H groups in total. The third kappa shape index (κ3) is 1.62. The second-order valence-corrected chi connectivity index (χ2v) is 3.65. The van der Waals surface area contributed by atoms with Crippen molar-refractivity contribution in [1.82, 2.24) is 9.78 Å². The second-order valence-electron chi connectivity index (χ2n) is 3.65. The predicted molar refractivity (Wildman–Crippen MR) is 64.1 cm³/mol. The van der Waals surface area contributed by atoms with Gasteiger partial charge in [-0.1, -0.05) is 29.5 Å². The lowest BCUT2D eigenvalue weighted by Crippen LogP contribution is -1.98. The molecule has 16 heavy (non-hydrogen) atoms. The van der Waals surface area contributed by atoms with Gasteiger partial charge in [0.25, 0.3) is 0 Å². The average Bonchev–Trinajstić information content (AvgIpc) is 2.68. The van der Waals surface area contributed by atoms with Crippen molar-refractivity contribution >= 4 is 10.9 Å². The zero-order chi connectivity index (χ0) is 11.5. The molecule has 1 aromatic heterocycles. The van der Waals surface area contributed by atoms with Gasteiger partial charge >= 0.3 is 0 Å². The van der Waals surface area contributed by atoms with Crippen LogP contribution in [-0.2, 0) is 6.54 Å². The van der Waals surface area contributed by atoms with Gasteiger partial charge in [0.15, 0.2) is 0 Å². The highest BCUT2D eigenvalue weighted by atomic mass is 16.3. The van der Waals surface area contributed by atoms with Crippen LogP contribution in [0.25, 0.3) is 10.9 Å². The average molecular weight is 215 g/mol. The minimum absolute atomic E-state index is 0.420. The van der Waals surface area contributed by atoms with Crippen LogP contribution in [-0.4, -0.2) is 9.78 Å². The van der Waals surface area contributed by atoms with Crippen molar-refractivity contribution < 1.29 is 0 Å². The zero-order valence-corrected chi connectivity index (χ0v) is 9.13. The van der Waals surface area contributed by atoms with Crippen LogP contribution in [0.3, 0.4) is 0 Å². The van der Waals surface area contributed by atoms with Gasteiger partial charge in [-0.2, -0.15) is 10.0 Å². The predicted octanol–water partition coefficient (Wildman–Crippen LogP) is 3.05. The number of hydrogen-bond donors (Lipinski definition) is 0. The van der Waals surface area contributed by atoms with E-state index in [9.17, 15) is 4.91 Å². The molecule has 1 atom stereocenters. The van der Waals surface area contributed by atoms with E-state index in [-0.39, 0.29) is 0 Å². The monoisotopic (exact) mass is 215 g/mol. The van der Waals surface area contributed by atoms with Gasteiger partial charge in [0.05, 0.1) is 17.8 Å². The third-order valence-corrected chi connectivity index (χ3v) is 2.54.